The average molecular weight is 303 g/mol. The van der Waals surface area contributed by atoms with Crippen LogP contribution in [0.1, 0.15) is 10.5 Å². The molecule has 6 nitrogen and oxygen atoms in total. The van der Waals surface area contributed by atoms with Crippen molar-refractivity contribution in [2.45, 2.75) is 0 Å². The van der Waals surface area contributed by atoms with E-state index in [9.17, 15) is 9.90 Å². The second-order valence-corrected chi connectivity index (χ2v) is 5.28. The number of benzene rings is 1. The van der Waals surface area contributed by atoms with Gasteiger partial charge < -0.3 is 14.7 Å². The number of hydrogen-bond acceptors (Lipinski definition) is 5. The lowest BCUT2D eigenvalue weighted by atomic mass is 10.2. The standard InChI is InChI=1S/C14H13N3O3S/c1-16(9-4-3-5-10(8-9)20-2)12-11(13(18)19)17-6-7-21-14(17)15-12/h3-8H,1-2H3,(H,18,19). The molecule has 2 heterocycles. The van der Waals surface area contributed by atoms with Gasteiger partial charge in [-0.05, 0) is 12.1 Å². The van der Waals surface area contributed by atoms with Crippen LogP contribution in [0.3, 0.4) is 0 Å². The number of nitrogens with zero attached hydrogens (tertiary/aromatic N) is 3. The molecule has 0 atom stereocenters. The van der Waals surface area contributed by atoms with Crippen molar-refractivity contribution < 1.29 is 14.6 Å². The maximum absolute atomic E-state index is 11.5. The lowest BCUT2D eigenvalue weighted by molar-refractivity contribution is 0.0690. The second-order valence-electron chi connectivity index (χ2n) is 4.41. The largest absolute Gasteiger partial charge is 0.497 e. The summed E-state index contributed by atoms with van der Waals surface area (Å²) in [6.45, 7) is 0. The molecule has 1 N–H and O–H groups in total. The van der Waals surface area contributed by atoms with Gasteiger partial charge in [0.15, 0.2) is 16.5 Å². The number of carboxylic acids is 1. The van der Waals surface area contributed by atoms with Gasteiger partial charge in [-0.1, -0.05) is 6.07 Å². The Hall–Kier alpha value is -2.54. The number of hydrogen-bond donors (Lipinski definition) is 1. The first-order chi connectivity index (χ1) is 10.1. The summed E-state index contributed by atoms with van der Waals surface area (Å²) in [6, 6.07) is 7.39. The molecule has 0 aliphatic carbocycles. The average Bonchev–Trinajstić information content (AvgIpc) is 3.06. The van der Waals surface area contributed by atoms with E-state index in [0.717, 1.165) is 5.69 Å². The highest BCUT2D eigenvalue weighted by Crippen LogP contribution is 2.30. The van der Waals surface area contributed by atoms with Crippen molar-refractivity contribution in [1.29, 1.82) is 0 Å². The van der Waals surface area contributed by atoms with Crippen molar-refractivity contribution in [2.24, 2.45) is 0 Å². The first kappa shape index (κ1) is 13.4. The number of aromatic nitrogens is 2. The predicted octanol–water partition coefficient (Wildman–Crippen LogP) is 2.87. The molecule has 0 saturated carbocycles. The van der Waals surface area contributed by atoms with E-state index in [1.807, 2.05) is 29.6 Å². The third-order valence-corrected chi connectivity index (χ3v) is 3.96. The Kier molecular flexibility index (Phi) is 3.26. The lowest BCUT2D eigenvalue weighted by Crippen LogP contribution is -2.14. The summed E-state index contributed by atoms with van der Waals surface area (Å²) in [5.41, 5.74) is 0.958. The predicted molar refractivity (Wildman–Crippen MR) is 81.1 cm³/mol. The van der Waals surface area contributed by atoms with Crippen molar-refractivity contribution in [3.05, 3.63) is 41.5 Å². The fourth-order valence-corrected chi connectivity index (χ4v) is 2.86. The number of carbonyl (C=O) groups is 1. The van der Waals surface area contributed by atoms with Gasteiger partial charge >= 0.3 is 5.97 Å². The molecule has 0 fully saturated rings. The maximum atomic E-state index is 11.5. The number of rotatable bonds is 4. The van der Waals surface area contributed by atoms with Crippen LogP contribution in [0.4, 0.5) is 11.5 Å². The molecule has 0 bridgehead atoms. The van der Waals surface area contributed by atoms with Crippen molar-refractivity contribution in [2.75, 3.05) is 19.1 Å². The Morgan fingerprint density at radius 3 is 3.00 bits per heavy atom. The quantitative estimate of drug-likeness (QED) is 0.802. The summed E-state index contributed by atoms with van der Waals surface area (Å²) in [7, 11) is 3.38. The molecule has 0 unspecified atom stereocenters. The third kappa shape index (κ3) is 2.21. The Labute approximate surface area is 124 Å². The molecule has 3 rings (SSSR count). The Balaban J connectivity index is 2.12. The number of carboxylic acid groups (broad SMARTS) is 1. The number of imidazole rings is 1. The molecule has 21 heavy (non-hydrogen) atoms. The molecule has 0 amide bonds. The second kappa shape index (κ2) is 5.10. The molecule has 3 aromatic rings. The topological polar surface area (TPSA) is 67.1 Å². The number of ether oxygens (including phenoxy) is 1. The number of anilines is 2. The van der Waals surface area contributed by atoms with Gasteiger partial charge in [0.1, 0.15) is 5.75 Å². The molecule has 2 aromatic heterocycles. The summed E-state index contributed by atoms with van der Waals surface area (Å²) in [5, 5.41) is 11.3. The van der Waals surface area contributed by atoms with Gasteiger partial charge in [0.25, 0.3) is 0 Å². The molecule has 1 aromatic carbocycles. The summed E-state index contributed by atoms with van der Waals surface area (Å²) < 4.78 is 6.78. The molecule has 7 heteroatoms. The van der Waals surface area contributed by atoms with Crippen molar-refractivity contribution >= 4 is 33.8 Å². The summed E-state index contributed by atoms with van der Waals surface area (Å²) in [5.74, 6) is 0.102. The zero-order chi connectivity index (χ0) is 15.0. The third-order valence-electron chi connectivity index (χ3n) is 3.20. The van der Waals surface area contributed by atoms with Crippen LogP contribution in [0.2, 0.25) is 0 Å². The van der Waals surface area contributed by atoms with E-state index in [1.54, 1.807) is 29.7 Å². The zero-order valence-corrected chi connectivity index (χ0v) is 12.3. The van der Waals surface area contributed by atoms with Gasteiger partial charge in [-0.2, -0.15) is 0 Å². The zero-order valence-electron chi connectivity index (χ0n) is 11.5. The minimum absolute atomic E-state index is 0.150. The molecular formula is C14H13N3O3S. The van der Waals surface area contributed by atoms with E-state index in [1.165, 1.54) is 11.3 Å². The minimum atomic E-state index is -1.01. The summed E-state index contributed by atoms with van der Waals surface area (Å²) >= 11 is 1.40. The first-order valence-electron chi connectivity index (χ1n) is 6.18. The van der Waals surface area contributed by atoms with Crippen LogP contribution >= 0.6 is 11.3 Å². The molecule has 0 aliphatic heterocycles. The van der Waals surface area contributed by atoms with Crippen LogP contribution in [-0.2, 0) is 0 Å². The van der Waals surface area contributed by atoms with Crippen LogP contribution in [0.5, 0.6) is 5.75 Å². The summed E-state index contributed by atoms with van der Waals surface area (Å²) in [6.07, 6.45) is 1.71. The maximum Gasteiger partial charge on any atom is 0.356 e. The molecule has 108 valence electrons. The Bertz CT molecular complexity index is 809. The fourth-order valence-electron chi connectivity index (χ4n) is 2.15. The van der Waals surface area contributed by atoms with E-state index >= 15 is 0 Å². The van der Waals surface area contributed by atoms with Gasteiger partial charge in [-0.25, -0.2) is 9.78 Å². The minimum Gasteiger partial charge on any atom is -0.497 e. The smallest absolute Gasteiger partial charge is 0.356 e. The number of thiazole rings is 1. The Morgan fingerprint density at radius 2 is 2.29 bits per heavy atom. The number of aromatic carboxylic acids is 1. The van der Waals surface area contributed by atoms with Gasteiger partial charge in [0.05, 0.1) is 7.11 Å². The van der Waals surface area contributed by atoms with Crippen LogP contribution in [-0.4, -0.2) is 34.6 Å². The van der Waals surface area contributed by atoms with Crippen LogP contribution in [0.15, 0.2) is 35.8 Å². The molecule has 0 spiro atoms. The van der Waals surface area contributed by atoms with Crippen LogP contribution in [0.25, 0.3) is 4.96 Å². The van der Waals surface area contributed by atoms with E-state index in [-0.39, 0.29) is 5.69 Å². The lowest BCUT2D eigenvalue weighted by Gasteiger charge is -2.18. The van der Waals surface area contributed by atoms with Gasteiger partial charge in [0, 0.05) is 30.4 Å². The highest BCUT2D eigenvalue weighted by Gasteiger charge is 2.23. The van der Waals surface area contributed by atoms with Crippen molar-refractivity contribution in [3.63, 3.8) is 0 Å². The van der Waals surface area contributed by atoms with E-state index in [0.29, 0.717) is 16.5 Å². The number of fused-ring (bicyclic) bond motifs is 1. The van der Waals surface area contributed by atoms with E-state index in [4.69, 9.17) is 4.74 Å². The molecule has 0 saturated heterocycles. The monoisotopic (exact) mass is 303 g/mol. The van der Waals surface area contributed by atoms with Gasteiger partial charge in [-0.15, -0.1) is 11.3 Å². The van der Waals surface area contributed by atoms with E-state index < -0.39 is 5.97 Å². The van der Waals surface area contributed by atoms with Crippen LogP contribution in [0, 0.1) is 0 Å². The number of methoxy groups -OCH3 is 1. The molecule has 0 aliphatic rings. The van der Waals surface area contributed by atoms with Crippen LogP contribution < -0.4 is 9.64 Å². The van der Waals surface area contributed by atoms with Gasteiger partial charge in [0.2, 0.25) is 0 Å². The first-order valence-corrected chi connectivity index (χ1v) is 7.06. The van der Waals surface area contributed by atoms with Crippen molar-refractivity contribution in [3.8, 4) is 5.75 Å². The fraction of sp³-hybridized carbons (Fsp3) is 0.143. The molecule has 0 radical (unpaired) electrons. The summed E-state index contributed by atoms with van der Waals surface area (Å²) in [4.78, 5) is 18.3. The normalized spacial score (nSPS) is 10.8. The van der Waals surface area contributed by atoms with E-state index in [2.05, 4.69) is 4.98 Å². The Morgan fingerprint density at radius 1 is 1.48 bits per heavy atom. The highest BCUT2D eigenvalue weighted by molar-refractivity contribution is 7.15. The van der Waals surface area contributed by atoms with Crippen molar-refractivity contribution in [1.82, 2.24) is 9.38 Å². The highest BCUT2D eigenvalue weighted by atomic mass is 32.1. The van der Waals surface area contributed by atoms with Gasteiger partial charge in [-0.3, -0.25) is 4.40 Å². The SMILES string of the molecule is COc1cccc(N(C)c2nc3sccn3c2C(=O)O)c1. The molecular weight excluding hydrogens is 290 g/mol.